The van der Waals surface area contributed by atoms with Crippen LogP contribution < -0.4 is 10.1 Å². The van der Waals surface area contributed by atoms with Crippen molar-refractivity contribution in [3.63, 3.8) is 0 Å². The number of piperazine rings is 1. The van der Waals surface area contributed by atoms with Crippen LogP contribution in [0.25, 0.3) is 0 Å². The molecule has 1 N–H and O–H groups in total. The zero-order chi connectivity index (χ0) is 20.9. The van der Waals surface area contributed by atoms with Gasteiger partial charge in [-0.05, 0) is 42.5 Å². The molecule has 1 heterocycles. The predicted molar refractivity (Wildman–Crippen MR) is 110 cm³/mol. The number of rotatable bonds is 6. The Kier molecular flexibility index (Phi) is 7.09. The molecule has 3 rings (SSSR count). The number of nitrogens with zero attached hydrogens (tertiary/aromatic N) is 2. The van der Waals surface area contributed by atoms with E-state index in [1.807, 2.05) is 0 Å². The maximum Gasteiger partial charge on any atom is 0.317 e. The van der Waals surface area contributed by atoms with Crippen molar-refractivity contribution >= 4 is 32.0 Å². The molecule has 0 aliphatic carbocycles. The van der Waals surface area contributed by atoms with Gasteiger partial charge in [-0.3, -0.25) is 0 Å². The van der Waals surface area contributed by atoms with Crippen LogP contribution in [0.15, 0.2) is 57.9 Å². The van der Waals surface area contributed by atoms with Crippen LogP contribution in [0.2, 0.25) is 0 Å². The Morgan fingerprint density at radius 3 is 2.45 bits per heavy atom. The van der Waals surface area contributed by atoms with Gasteiger partial charge in [0.2, 0.25) is 10.0 Å². The summed E-state index contributed by atoms with van der Waals surface area (Å²) >= 11 is 3.28. The second-order valence-corrected chi connectivity index (χ2v) is 9.24. The fourth-order valence-corrected chi connectivity index (χ4v) is 4.90. The van der Waals surface area contributed by atoms with Crippen LogP contribution in [0, 0.1) is 5.82 Å². The second kappa shape index (κ2) is 9.55. The van der Waals surface area contributed by atoms with E-state index in [0.717, 1.165) is 0 Å². The molecule has 0 unspecified atom stereocenters. The van der Waals surface area contributed by atoms with Gasteiger partial charge >= 0.3 is 6.03 Å². The summed E-state index contributed by atoms with van der Waals surface area (Å²) in [5, 5.41) is 2.74. The van der Waals surface area contributed by atoms with Gasteiger partial charge < -0.3 is 15.0 Å². The first-order valence-corrected chi connectivity index (χ1v) is 11.3. The van der Waals surface area contributed by atoms with E-state index in [2.05, 4.69) is 21.2 Å². The van der Waals surface area contributed by atoms with Crippen LogP contribution in [-0.4, -0.2) is 63.0 Å². The Morgan fingerprint density at radius 2 is 1.79 bits per heavy atom. The van der Waals surface area contributed by atoms with E-state index in [1.54, 1.807) is 29.2 Å². The van der Waals surface area contributed by atoms with E-state index in [4.69, 9.17) is 4.74 Å². The molecule has 0 saturated carbocycles. The summed E-state index contributed by atoms with van der Waals surface area (Å²) in [4.78, 5) is 14.1. The minimum atomic E-state index is -3.59. The molecule has 0 atom stereocenters. The Balaban J connectivity index is 1.44. The summed E-state index contributed by atoms with van der Waals surface area (Å²) in [6.07, 6.45) is 0. The minimum absolute atomic E-state index is 0.225. The molecule has 2 aromatic carbocycles. The first-order valence-electron chi connectivity index (χ1n) is 9.03. The highest BCUT2D eigenvalue weighted by molar-refractivity contribution is 9.10. The third-order valence-electron chi connectivity index (χ3n) is 4.42. The fourth-order valence-electron chi connectivity index (χ4n) is 2.88. The Labute approximate surface area is 177 Å². The Bertz CT molecular complexity index is 948. The highest BCUT2D eigenvalue weighted by atomic mass is 79.9. The average Bonchev–Trinajstić information content (AvgIpc) is 2.72. The second-order valence-electron chi connectivity index (χ2n) is 6.38. The highest BCUT2D eigenvalue weighted by Crippen LogP contribution is 2.21. The fraction of sp³-hybridized carbons (Fsp3) is 0.316. The van der Waals surface area contributed by atoms with Crippen LogP contribution >= 0.6 is 15.9 Å². The van der Waals surface area contributed by atoms with Gasteiger partial charge in [0.25, 0.3) is 0 Å². The molecule has 7 nitrogen and oxygen atoms in total. The minimum Gasteiger partial charge on any atom is -0.492 e. The normalized spacial score (nSPS) is 15.2. The predicted octanol–water partition coefficient (Wildman–Crippen LogP) is 2.68. The molecule has 0 spiro atoms. The van der Waals surface area contributed by atoms with Crippen LogP contribution in [0.3, 0.4) is 0 Å². The first-order chi connectivity index (χ1) is 13.9. The van der Waals surface area contributed by atoms with Crippen molar-refractivity contribution in [2.45, 2.75) is 4.90 Å². The highest BCUT2D eigenvalue weighted by Gasteiger charge is 2.30. The number of urea groups is 1. The van der Waals surface area contributed by atoms with Crippen molar-refractivity contribution in [1.82, 2.24) is 14.5 Å². The largest absolute Gasteiger partial charge is 0.492 e. The maximum absolute atomic E-state index is 12.8. The molecule has 1 fully saturated rings. The van der Waals surface area contributed by atoms with Crippen molar-refractivity contribution in [1.29, 1.82) is 0 Å². The lowest BCUT2D eigenvalue weighted by Crippen LogP contribution is -2.53. The number of carbonyl (C=O) groups is 1. The third-order valence-corrected chi connectivity index (χ3v) is 6.81. The monoisotopic (exact) mass is 485 g/mol. The van der Waals surface area contributed by atoms with Gasteiger partial charge in [-0.1, -0.05) is 22.0 Å². The summed E-state index contributed by atoms with van der Waals surface area (Å²) < 4.78 is 45.8. The third kappa shape index (κ3) is 5.68. The summed E-state index contributed by atoms with van der Waals surface area (Å²) in [5.41, 5.74) is 0. The smallest absolute Gasteiger partial charge is 0.317 e. The van der Waals surface area contributed by atoms with Crippen molar-refractivity contribution in [2.24, 2.45) is 0 Å². The quantitative estimate of drug-likeness (QED) is 0.637. The summed E-state index contributed by atoms with van der Waals surface area (Å²) in [6, 6.07) is 11.9. The van der Waals surface area contributed by atoms with E-state index < -0.39 is 10.0 Å². The van der Waals surface area contributed by atoms with Crippen LogP contribution in [-0.2, 0) is 10.0 Å². The van der Waals surface area contributed by atoms with Crippen LogP contribution in [0.4, 0.5) is 9.18 Å². The lowest BCUT2D eigenvalue weighted by Gasteiger charge is -2.34. The molecular weight excluding hydrogens is 465 g/mol. The zero-order valence-corrected chi connectivity index (χ0v) is 18.0. The number of amides is 2. The molecule has 29 heavy (non-hydrogen) atoms. The summed E-state index contributed by atoms with van der Waals surface area (Å²) in [7, 11) is -3.59. The Morgan fingerprint density at radius 1 is 1.10 bits per heavy atom. The van der Waals surface area contributed by atoms with Gasteiger partial charge in [0.1, 0.15) is 18.2 Å². The molecule has 1 aliphatic heterocycles. The van der Waals surface area contributed by atoms with Gasteiger partial charge in [-0.25, -0.2) is 17.6 Å². The molecule has 156 valence electrons. The van der Waals surface area contributed by atoms with E-state index in [-0.39, 0.29) is 43.0 Å². The van der Waals surface area contributed by atoms with Crippen molar-refractivity contribution < 1.29 is 22.3 Å². The van der Waals surface area contributed by atoms with Crippen LogP contribution in [0.1, 0.15) is 0 Å². The van der Waals surface area contributed by atoms with Gasteiger partial charge in [-0.2, -0.15) is 4.31 Å². The van der Waals surface area contributed by atoms with Crippen molar-refractivity contribution in [2.75, 3.05) is 39.3 Å². The van der Waals surface area contributed by atoms with Gasteiger partial charge in [0, 0.05) is 30.7 Å². The molecule has 1 aliphatic rings. The molecule has 0 radical (unpaired) electrons. The molecule has 2 amide bonds. The molecule has 1 saturated heterocycles. The lowest BCUT2D eigenvalue weighted by atomic mass is 10.3. The van der Waals surface area contributed by atoms with Crippen molar-refractivity contribution in [3.8, 4) is 5.75 Å². The standard InChI is InChI=1S/C19H21BrFN3O4S/c20-15-2-1-3-18(14-15)29(26,27)24-11-9-23(10-12-24)19(25)22-8-13-28-17-6-4-16(21)5-7-17/h1-7,14H,8-13H2,(H,22,25). The molecule has 10 heteroatoms. The number of carbonyl (C=O) groups excluding carboxylic acids is 1. The first kappa shape index (κ1) is 21.5. The SMILES string of the molecule is O=C(NCCOc1ccc(F)cc1)N1CCN(S(=O)(=O)c2cccc(Br)c2)CC1. The molecule has 2 aromatic rings. The topological polar surface area (TPSA) is 79.0 Å². The number of sulfonamides is 1. The number of benzene rings is 2. The molecule has 0 aromatic heterocycles. The summed E-state index contributed by atoms with van der Waals surface area (Å²) in [5.74, 6) is 0.179. The Hall–Kier alpha value is -2.17. The van der Waals surface area contributed by atoms with Crippen molar-refractivity contribution in [3.05, 3.63) is 58.8 Å². The number of hydrogen-bond acceptors (Lipinski definition) is 4. The van der Waals surface area contributed by atoms with Gasteiger partial charge in [-0.15, -0.1) is 0 Å². The lowest BCUT2D eigenvalue weighted by molar-refractivity contribution is 0.170. The van der Waals surface area contributed by atoms with Gasteiger partial charge in [0.05, 0.1) is 11.4 Å². The zero-order valence-electron chi connectivity index (χ0n) is 15.6. The van der Waals surface area contributed by atoms with E-state index >= 15 is 0 Å². The number of nitrogens with one attached hydrogen (secondary N) is 1. The number of ether oxygens (including phenoxy) is 1. The summed E-state index contributed by atoms with van der Waals surface area (Å²) in [6.45, 7) is 1.60. The number of hydrogen-bond donors (Lipinski definition) is 1. The molecule has 0 bridgehead atoms. The molecular formula is C19H21BrFN3O4S. The number of halogens is 2. The van der Waals surface area contributed by atoms with E-state index in [1.165, 1.54) is 28.6 Å². The van der Waals surface area contributed by atoms with E-state index in [0.29, 0.717) is 23.3 Å². The maximum atomic E-state index is 12.8. The van der Waals surface area contributed by atoms with Crippen LogP contribution in [0.5, 0.6) is 5.75 Å². The average molecular weight is 486 g/mol. The van der Waals surface area contributed by atoms with E-state index in [9.17, 15) is 17.6 Å². The van der Waals surface area contributed by atoms with Gasteiger partial charge in [0.15, 0.2) is 0 Å².